The molecule has 0 radical (unpaired) electrons. The fourth-order valence-corrected chi connectivity index (χ4v) is 5.02. The lowest BCUT2D eigenvalue weighted by molar-refractivity contribution is -0.149. The van der Waals surface area contributed by atoms with Gasteiger partial charge >= 0.3 is 5.97 Å². The van der Waals surface area contributed by atoms with Crippen LogP contribution in [0.4, 0.5) is 4.39 Å². The summed E-state index contributed by atoms with van der Waals surface area (Å²) < 4.78 is 25.5. The second kappa shape index (κ2) is 7.51. The topological polar surface area (TPSA) is 73.6 Å². The number of aryl methyl sites for hydroxylation is 1. The van der Waals surface area contributed by atoms with Crippen LogP contribution in [0.3, 0.4) is 0 Å². The standard InChI is InChI=1S/C27H23FO5/c1-14-13-32-26-16-8-9-17-23(22(16)25(31)24(30)21(14)26)19(10-11-27(17,2)3)33-20(29)12-15-6-4-5-7-18(15)28/h4-9,13,19H,10-12H2,1-3H3. The maximum atomic E-state index is 14.0. The largest absolute Gasteiger partial charge is 0.463 e. The van der Waals surface area contributed by atoms with E-state index in [-0.39, 0.29) is 28.5 Å². The van der Waals surface area contributed by atoms with Gasteiger partial charge in [0.15, 0.2) is 0 Å². The number of hydrogen-bond donors (Lipinski definition) is 0. The molecular weight excluding hydrogens is 423 g/mol. The number of ketones is 2. The third-order valence-corrected chi connectivity index (χ3v) is 6.77. The van der Waals surface area contributed by atoms with Crippen LogP contribution in [0, 0.1) is 12.7 Å². The number of ether oxygens (including phenoxy) is 1. The third-order valence-electron chi connectivity index (χ3n) is 6.77. The van der Waals surface area contributed by atoms with E-state index in [0.717, 1.165) is 12.0 Å². The average Bonchev–Trinajstić information content (AvgIpc) is 3.17. The highest BCUT2D eigenvalue weighted by atomic mass is 19.1. The molecule has 33 heavy (non-hydrogen) atoms. The van der Waals surface area contributed by atoms with E-state index < -0.39 is 29.5 Å². The molecule has 0 spiro atoms. The Kier molecular flexibility index (Phi) is 4.85. The summed E-state index contributed by atoms with van der Waals surface area (Å²) in [6, 6.07) is 9.79. The normalized spacial score (nSPS) is 18.4. The molecule has 0 bridgehead atoms. The van der Waals surface area contributed by atoms with Gasteiger partial charge in [0, 0.05) is 16.7 Å². The van der Waals surface area contributed by atoms with E-state index in [1.165, 1.54) is 12.3 Å². The Balaban J connectivity index is 1.60. The number of hydrogen-bond acceptors (Lipinski definition) is 5. The molecule has 0 aliphatic heterocycles. The van der Waals surface area contributed by atoms with Gasteiger partial charge in [0.2, 0.25) is 11.6 Å². The minimum absolute atomic E-state index is 0.217. The number of carbonyl (C=O) groups excluding carboxylic acids is 3. The number of rotatable bonds is 3. The Morgan fingerprint density at radius 3 is 2.61 bits per heavy atom. The van der Waals surface area contributed by atoms with Crippen LogP contribution in [-0.2, 0) is 21.4 Å². The number of halogens is 1. The van der Waals surface area contributed by atoms with Crippen LogP contribution in [0.15, 0.2) is 47.1 Å². The zero-order chi connectivity index (χ0) is 23.5. The van der Waals surface area contributed by atoms with Crippen molar-refractivity contribution in [3.05, 3.63) is 81.9 Å². The van der Waals surface area contributed by atoms with Crippen molar-refractivity contribution in [3.63, 3.8) is 0 Å². The molecule has 2 aromatic carbocycles. The number of fused-ring (bicyclic) bond motifs is 5. The van der Waals surface area contributed by atoms with Crippen molar-refractivity contribution >= 4 is 17.5 Å². The van der Waals surface area contributed by atoms with Crippen molar-refractivity contribution in [2.45, 2.75) is 51.6 Å². The average molecular weight is 446 g/mol. The molecule has 0 saturated carbocycles. The van der Waals surface area contributed by atoms with Crippen molar-refractivity contribution in [2.75, 3.05) is 0 Å². The molecule has 168 valence electrons. The molecule has 1 unspecified atom stereocenters. The first-order valence-electron chi connectivity index (χ1n) is 11.0. The quantitative estimate of drug-likeness (QED) is 0.383. The molecule has 2 aliphatic carbocycles. The summed E-state index contributed by atoms with van der Waals surface area (Å²) in [5, 5.41) is 0. The Morgan fingerprint density at radius 1 is 1.12 bits per heavy atom. The van der Waals surface area contributed by atoms with Crippen molar-refractivity contribution in [3.8, 4) is 11.3 Å². The van der Waals surface area contributed by atoms with E-state index >= 15 is 0 Å². The lowest BCUT2D eigenvalue weighted by atomic mass is 9.68. The van der Waals surface area contributed by atoms with Crippen LogP contribution in [0.25, 0.3) is 11.3 Å². The van der Waals surface area contributed by atoms with E-state index in [1.807, 2.05) is 12.1 Å². The fourth-order valence-electron chi connectivity index (χ4n) is 5.02. The zero-order valence-corrected chi connectivity index (χ0v) is 18.7. The van der Waals surface area contributed by atoms with Crippen LogP contribution in [0.1, 0.15) is 75.8 Å². The molecule has 0 N–H and O–H groups in total. The summed E-state index contributed by atoms with van der Waals surface area (Å²) in [6.45, 7) is 5.85. The Bertz CT molecular complexity index is 1330. The smallest absolute Gasteiger partial charge is 0.310 e. The highest BCUT2D eigenvalue weighted by molar-refractivity contribution is 6.53. The Hall–Kier alpha value is -3.54. The molecular formula is C27H23FO5. The van der Waals surface area contributed by atoms with Gasteiger partial charge in [-0.2, -0.15) is 0 Å². The maximum Gasteiger partial charge on any atom is 0.310 e. The molecule has 1 atom stereocenters. The van der Waals surface area contributed by atoms with E-state index in [2.05, 4.69) is 13.8 Å². The number of esters is 1. The minimum Gasteiger partial charge on any atom is -0.463 e. The lowest BCUT2D eigenvalue weighted by Gasteiger charge is -2.38. The van der Waals surface area contributed by atoms with Gasteiger partial charge in [-0.05, 0) is 47.9 Å². The first-order chi connectivity index (χ1) is 15.7. The summed E-state index contributed by atoms with van der Waals surface area (Å²) >= 11 is 0. The van der Waals surface area contributed by atoms with Crippen molar-refractivity contribution in [1.82, 2.24) is 0 Å². The SMILES string of the molecule is Cc1coc2c1C(=O)C(=O)c1c-2ccc2c1C(OC(=O)Cc1ccccc1F)CCC2(C)C. The summed E-state index contributed by atoms with van der Waals surface area (Å²) in [5.41, 5.74) is 3.07. The van der Waals surface area contributed by atoms with E-state index in [4.69, 9.17) is 9.15 Å². The predicted molar refractivity (Wildman–Crippen MR) is 119 cm³/mol. The molecule has 5 nitrogen and oxygen atoms in total. The third kappa shape index (κ3) is 3.32. The van der Waals surface area contributed by atoms with Crippen LogP contribution in [0.5, 0.6) is 0 Å². The first-order valence-corrected chi connectivity index (χ1v) is 11.0. The number of carbonyl (C=O) groups is 3. The molecule has 2 aliphatic rings. The molecule has 0 fully saturated rings. The maximum absolute atomic E-state index is 14.0. The van der Waals surface area contributed by atoms with Crippen molar-refractivity contribution < 1.29 is 27.9 Å². The molecule has 1 heterocycles. The number of benzene rings is 2. The molecule has 1 aromatic heterocycles. The van der Waals surface area contributed by atoms with Crippen LogP contribution < -0.4 is 0 Å². The van der Waals surface area contributed by atoms with E-state index in [9.17, 15) is 18.8 Å². The lowest BCUT2D eigenvalue weighted by Crippen LogP contribution is -2.33. The minimum atomic E-state index is -0.711. The highest BCUT2D eigenvalue weighted by Crippen LogP contribution is 2.49. The van der Waals surface area contributed by atoms with Crippen LogP contribution in [0.2, 0.25) is 0 Å². The first kappa shape index (κ1) is 21.3. The summed E-state index contributed by atoms with van der Waals surface area (Å²) in [4.78, 5) is 39.0. The van der Waals surface area contributed by atoms with E-state index in [0.29, 0.717) is 28.9 Å². The van der Waals surface area contributed by atoms with Gasteiger partial charge in [-0.25, -0.2) is 4.39 Å². The molecule has 0 amide bonds. The monoisotopic (exact) mass is 446 g/mol. The number of furan rings is 1. The van der Waals surface area contributed by atoms with Gasteiger partial charge in [-0.15, -0.1) is 0 Å². The molecule has 3 aromatic rings. The summed E-state index contributed by atoms with van der Waals surface area (Å²) in [7, 11) is 0. The highest BCUT2D eigenvalue weighted by Gasteiger charge is 2.43. The molecule has 5 rings (SSSR count). The fraction of sp³-hybridized carbons (Fsp3) is 0.296. The molecule has 0 saturated heterocycles. The summed E-state index contributed by atoms with van der Waals surface area (Å²) in [5.74, 6) is -1.92. The van der Waals surface area contributed by atoms with Crippen LogP contribution in [-0.4, -0.2) is 17.5 Å². The molecule has 6 heteroatoms. The van der Waals surface area contributed by atoms with Gasteiger partial charge in [-0.3, -0.25) is 14.4 Å². The summed E-state index contributed by atoms with van der Waals surface area (Å²) in [6.07, 6.45) is 1.76. The van der Waals surface area contributed by atoms with Gasteiger partial charge < -0.3 is 9.15 Å². The second-order valence-corrected chi connectivity index (χ2v) is 9.40. The predicted octanol–water partition coefficient (Wildman–Crippen LogP) is 5.67. The number of Topliss-reactive ketones (excluding diaryl/α,β-unsaturated/α-hetero) is 2. The van der Waals surface area contributed by atoms with E-state index in [1.54, 1.807) is 25.1 Å². The van der Waals surface area contributed by atoms with Crippen LogP contribution >= 0.6 is 0 Å². The van der Waals surface area contributed by atoms with Crippen molar-refractivity contribution in [2.24, 2.45) is 0 Å². The van der Waals surface area contributed by atoms with Gasteiger partial charge in [0.25, 0.3) is 0 Å². The van der Waals surface area contributed by atoms with Gasteiger partial charge in [-0.1, -0.05) is 44.2 Å². The Morgan fingerprint density at radius 2 is 1.85 bits per heavy atom. The second-order valence-electron chi connectivity index (χ2n) is 9.40. The van der Waals surface area contributed by atoms with Gasteiger partial charge in [0.05, 0.1) is 18.2 Å². The Labute approximate surface area is 190 Å². The van der Waals surface area contributed by atoms with Crippen molar-refractivity contribution in [1.29, 1.82) is 0 Å². The van der Waals surface area contributed by atoms with Gasteiger partial charge in [0.1, 0.15) is 17.7 Å². The zero-order valence-electron chi connectivity index (χ0n) is 18.7.